The quantitative estimate of drug-likeness (QED) is 0.238. The maximum absolute atomic E-state index is 14.5. The molecule has 3 rings (SSSR count). The van der Waals surface area contributed by atoms with E-state index in [0.29, 0.717) is 36.3 Å². The van der Waals surface area contributed by atoms with E-state index in [1.165, 1.54) is 0 Å². The van der Waals surface area contributed by atoms with Crippen LogP contribution in [0.1, 0.15) is 42.3 Å². The summed E-state index contributed by atoms with van der Waals surface area (Å²) in [7, 11) is 2.61. The van der Waals surface area contributed by atoms with Crippen molar-refractivity contribution in [1.29, 1.82) is 0 Å². The van der Waals surface area contributed by atoms with Crippen LogP contribution in [0.25, 0.3) is 17.3 Å². The Morgan fingerprint density at radius 1 is 1.16 bits per heavy atom. The lowest BCUT2D eigenvalue weighted by Crippen LogP contribution is -2.14. The van der Waals surface area contributed by atoms with Crippen LogP contribution in [0.2, 0.25) is 0 Å². The van der Waals surface area contributed by atoms with Crippen molar-refractivity contribution < 1.29 is 37.7 Å². The first-order valence-electron chi connectivity index (χ1n) is 11.4. The second-order valence-electron chi connectivity index (χ2n) is 9.41. The van der Waals surface area contributed by atoms with Gasteiger partial charge in [0.2, 0.25) is 5.76 Å². The number of carbonyl (C=O) groups is 2. The molecular weight excluding hydrogens is 518 g/mol. The minimum atomic E-state index is -1.49. The molecule has 2 aromatic carbocycles. The van der Waals surface area contributed by atoms with E-state index >= 15 is 0 Å². The monoisotopic (exact) mass is 546 g/mol. The predicted molar refractivity (Wildman–Crippen MR) is 140 cm³/mol. The Labute approximate surface area is 222 Å². The number of carbonyl (C=O) groups excluding carboxylic acids is 1. The zero-order chi connectivity index (χ0) is 28.0. The van der Waals surface area contributed by atoms with E-state index in [1.54, 1.807) is 12.5 Å². The fraction of sp³-hybridized carbons (Fsp3) is 0.296. The normalized spacial score (nSPS) is 11.8. The summed E-state index contributed by atoms with van der Waals surface area (Å²) < 4.78 is 45.1. The fourth-order valence-corrected chi connectivity index (χ4v) is 4.13. The number of methoxy groups -OCH3 is 2. The average Bonchev–Trinajstić information content (AvgIpc) is 3.30. The third-order valence-corrected chi connectivity index (χ3v) is 5.90. The Bertz CT molecular complexity index is 1340. The van der Waals surface area contributed by atoms with E-state index < -0.39 is 34.8 Å². The second kappa shape index (κ2) is 12.1. The number of carboxylic acid groups (broad SMARTS) is 1. The number of thiazole rings is 1. The minimum absolute atomic E-state index is 0.0149. The molecule has 0 radical (unpaired) electrons. The Balaban J connectivity index is 1.80. The van der Waals surface area contributed by atoms with Crippen LogP contribution in [0, 0.1) is 17.0 Å². The summed E-state index contributed by atoms with van der Waals surface area (Å²) in [5.41, 5.74) is 1.14. The van der Waals surface area contributed by atoms with Crippen LogP contribution in [0.15, 0.2) is 41.5 Å². The summed E-state index contributed by atoms with van der Waals surface area (Å²) in [6.45, 7) is 7.16. The first kappa shape index (κ1) is 28.7. The van der Waals surface area contributed by atoms with Gasteiger partial charge in [-0.25, -0.2) is 18.6 Å². The largest absolute Gasteiger partial charge is 0.496 e. The number of hydrogen-bond donors (Lipinski definition) is 2. The third kappa shape index (κ3) is 7.14. The van der Waals surface area contributed by atoms with Crippen molar-refractivity contribution in [2.75, 3.05) is 26.1 Å². The van der Waals surface area contributed by atoms with Gasteiger partial charge in [-0.2, -0.15) is 0 Å². The molecule has 0 bridgehead atoms. The van der Waals surface area contributed by atoms with Crippen LogP contribution in [0.5, 0.6) is 5.75 Å². The van der Waals surface area contributed by atoms with Crippen LogP contribution >= 0.6 is 11.3 Å². The Hall–Kier alpha value is -3.83. The second-order valence-corrected chi connectivity index (χ2v) is 10.3. The van der Waals surface area contributed by atoms with Gasteiger partial charge in [-0.3, -0.25) is 10.1 Å². The van der Waals surface area contributed by atoms with E-state index in [2.05, 4.69) is 35.8 Å². The highest BCUT2D eigenvalue weighted by Crippen LogP contribution is 2.35. The molecule has 0 saturated carbocycles. The molecule has 0 spiro atoms. The van der Waals surface area contributed by atoms with Crippen molar-refractivity contribution in [1.82, 2.24) is 4.98 Å². The molecule has 1 heterocycles. The van der Waals surface area contributed by atoms with E-state index in [0.717, 1.165) is 36.1 Å². The van der Waals surface area contributed by atoms with Crippen molar-refractivity contribution in [2.45, 2.75) is 27.4 Å². The molecular formula is C27H28F2N2O6S. The number of ether oxygens (including phenoxy) is 3. The molecule has 0 aliphatic rings. The maximum atomic E-state index is 14.5. The average molecular weight is 547 g/mol. The summed E-state index contributed by atoms with van der Waals surface area (Å²) in [6, 6.07) is 7.19. The minimum Gasteiger partial charge on any atom is -0.496 e. The fourth-order valence-electron chi connectivity index (χ4n) is 3.42. The summed E-state index contributed by atoms with van der Waals surface area (Å²) in [4.78, 5) is 28.2. The highest BCUT2D eigenvalue weighted by molar-refractivity contribution is 7.14. The molecule has 3 aromatic rings. The number of nitrogens with zero attached hydrogens (tertiary/aromatic N) is 1. The first-order chi connectivity index (χ1) is 17.9. The van der Waals surface area contributed by atoms with Gasteiger partial charge in [0.05, 0.1) is 33.1 Å². The molecule has 0 atom stereocenters. The molecule has 38 heavy (non-hydrogen) atoms. The molecule has 1 aromatic heterocycles. The van der Waals surface area contributed by atoms with Crippen LogP contribution in [0.3, 0.4) is 0 Å². The summed E-state index contributed by atoms with van der Waals surface area (Å²) in [5, 5.41) is 13.5. The Morgan fingerprint density at radius 2 is 1.84 bits per heavy atom. The zero-order valence-corrected chi connectivity index (χ0v) is 22.4. The van der Waals surface area contributed by atoms with Gasteiger partial charge in [0.1, 0.15) is 17.4 Å². The predicted octanol–water partition coefficient (Wildman–Crippen LogP) is 5.98. The number of halogens is 2. The standard InChI is InChI=1S/C27H28F2N2O6S/c1-27(2,3)14-37-12-15-7-6-8-17(23(15)36-5)21-13-38-26(30-21)31-24(32)16-9-19(28)18(20(29)10-16)11-22(35-4)25(33)34/h6-11,13H,12,14H2,1-5H3,(H,33,34)(H,30,31,32)/b22-11-. The molecule has 0 saturated heterocycles. The summed E-state index contributed by atoms with van der Waals surface area (Å²) >= 11 is 1.13. The number of anilines is 1. The molecule has 1 amide bonds. The number of carboxylic acids is 1. The van der Waals surface area contributed by atoms with Crippen LogP contribution in [-0.4, -0.2) is 42.8 Å². The van der Waals surface area contributed by atoms with Crippen LogP contribution in [0.4, 0.5) is 13.9 Å². The van der Waals surface area contributed by atoms with Crippen LogP contribution in [-0.2, 0) is 20.9 Å². The number of para-hydroxylation sites is 1. The van der Waals surface area contributed by atoms with Gasteiger partial charge in [0, 0.05) is 33.7 Å². The summed E-state index contributed by atoms with van der Waals surface area (Å²) in [6.07, 6.45) is 0.706. The van der Waals surface area contributed by atoms with Gasteiger partial charge in [-0.15, -0.1) is 11.3 Å². The Morgan fingerprint density at radius 3 is 2.42 bits per heavy atom. The van der Waals surface area contributed by atoms with Crippen molar-refractivity contribution in [3.63, 3.8) is 0 Å². The number of benzene rings is 2. The summed E-state index contributed by atoms with van der Waals surface area (Å²) in [5.74, 6) is -4.60. The van der Waals surface area contributed by atoms with Gasteiger partial charge in [0.15, 0.2) is 5.13 Å². The molecule has 202 valence electrons. The maximum Gasteiger partial charge on any atom is 0.371 e. The lowest BCUT2D eigenvalue weighted by molar-refractivity contribution is -0.135. The van der Waals surface area contributed by atoms with Gasteiger partial charge in [-0.05, 0) is 23.6 Å². The van der Waals surface area contributed by atoms with Crippen molar-refractivity contribution in [3.05, 3.63) is 69.8 Å². The molecule has 0 aliphatic heterocycles. The lowest BCUT2D eigenvalue weighted by atomic mass is 9.99. The number of nitrogens with one attached hydrogen (secondary N) is 1. The highest BCUT2D eigenvalue weighted by atomic mass is 32.1. The zero-order valence-electron chi connectivity index (χ0n) is 21.6. The number of rotatable bonds is 10. The van der Waals surface area contributed by atoms with Gasteiger partial charge >= 0.3 is 5.97 Å². The van der Waals surface area contributed by atoms with E-state index in [4.69, 9.17) is 14.6 Å². The number of aromatic nitrogens is 1. The molecule has 0 unspecified atom stereocenters. The molecule has 2 N–H and O–H groups in total. The number of aliphatic carboxylic acids is 1. The molecule has 8 nitrogen and oxygen atoms in total. The number of amides is 1. The third-order valence-electron chi connectivity index (χ3n) is 5.14. The van der Waals surface area contributed by atoms with Gasteiger partial charge in [0.25, 0.3) is 5.91 Å². The topological polar surface area (TPSA) is 107 Å². The van der Waals surface area contributed by atoms with Crippen molar-refractivity contribution >= 4 is 34.4 Å². The SMILES string of the molecule is CO/C(=C\c1c(F)cc(C(=O)Nc2nc(-c3cccc(COCC(C)(C)C)c3OC)cs2)cc1F)C(=O)O. The Kier molecular flexibility index (Phi) is 9.18. The van der Waals surface area contributed by atoms with Gasteiger partial charge in [-0.1, -0.05) is 32.9 Å². The highest BCUT2D eigenvalue weighted by Gasteiger charge is 2.19. The number of hydrogen-bond acceptors (Lipinski definition) is 7. The van der Waals surface area contributed by atoms with Crippen LogP contribution < -0.4 is 10.1 Å². The molecule has 11 heteroatoms. The van der Waals surface area contributed by atoms with E-state index in [9.17, 15) is 18.4 Å². The van der Waals surface area contributed by atoms with Gasteiger partial charge < -0.3 is 19.3 Å². The van der Waals surface area contributed by atoms with E-state index in [1.807, 2.05) is 18.2 Å². The molecule has 0 fully saturated rings. The molecule has 0 aliphatic carbocycles. The smallest absolute Gasteiger partial charge is 0.371 e. The van der Waals surface area contributed by atoms with E-state index in [-0.39, 0.29) is 16.1 Å². The first-order valence-corrected chi connectivity index (χ1v) is 12.3. The van der Waals surface area contributed by atoms with Crippen molar-refractivity contribution in [3.8, 4) is 17.0 Å². The lowest BCUT2D eigenvalue weighted by Gasteiger charge is -2.19. The van der Waals surface area contributed by atoms with Crippen molar-refractivity contribution in [2.24, 2.45) is 5.41 Å².